The molecule has 0 aromatic heterocycles. The largest absolute Gasteiger partial charge is 0.460 e. The van der Waals surface area contributed by atoms with Crippen LogP contribution in [0.15, 0.2) is 82.1 Å². The number of ether oxygens (including phenoxy) is 1. The Morgan fingerprint density at radius 1 is 1.06 bits per heavy atom. The Hall–Kier alpha value is -3.76. The van der Waals surface area contributed by atoms with E-state index < -0.39 is 20.9 Å². The van der Waals surface area contributed by atoms with Crippen LogP contribution >= 0.6 is 11.6 Å². The maximum atomic E-state index is 12.6. The van der Waals surface area contributed by atoms with Crippen LogP contribution in [0.4, 0.5) is 11.4 Å². The van der Waals surface area contributed by atoms with Crippen molar-refractivity contribution in [2.75, 3.05) is 18.1 Å². The normalized spacial score (nSPS) is 13.7. The quantitative estimate of drug-likeness (QED) is 0.293. The molecule has 0 bridgehead atoms. The van der Waals surface area contributed by atoms with Gasteiger partial charge >= 0.3 is 5.97 Å². The molecule has 33 heavy (non-hydrogen) atoms. The molecule has 0 fully saturated rings. The number of esters is 1. The Morgan fingerprint density at radius 2 is 1.79 bits per heavy atom. The van der Waals surface area contributed by atoms with Gasteiger partial charge in [0.25, 0.3) is 15.7 Å². The maximum Gasteiger partial charge on any atom is 0.338 e. The third kappa shape index (κ3) is 4.57. The van der Waals surface area contributed by atoms with E-state index in [1.165, 1.54) is 24.3 Å². The summed E-state index contributed by atoms with van der Waals surface area (Å²) in [6, 6.07) is 18.4. The van der Waals surface area contributed by atoms with Crippen LogP contribution in [0.25, 0.3) is 0 Å². The molecule has 11 heteroatoms. The first-order valence-corrected chi connectivity index (χ1v) is 11.5. The van der Waals surface area contributed by atoms with Crippen LogP contribution in [0.3, 0.4) is 0 Å². The van der Waals surface area contributed by atoms with Crippen LogP contribution in [0.5, 0.6) is 0 Å². The van der Waals surface area contributed by atoms with Crippen molar-refractivity contribution >= 4 is 44.8 Å². The molecule has 0 N–H and O–H groups in total. The molecule has 1 aliphatic heterocycles. The lowest BCUT2D eigenvalue weighted by molar-refractivity contribution is -0.384. The minimum atomic E-state index is -3.89. The summed E-state index contributed by atoms with van der Waals surface area (Å²) in [5, 5.41) is 11.3. The Bertz CT molecular complexity index is 1390. The lowest BCUT2D eigenvalue weighted by Gasteiger charge is -2.25. The van der Waals surface area contributed by atoms with Crippen molar-refractivity contribution in [1.82, 2.24) is 0 Å². The monoisotopic (exact) mass is 485 g/mol. The smallest absolute Gasteiger partial charge is 0.338 e. The van der Waals surface area contributed by atoms with Gasteiger partial charge < -0.3 is 9.64 Å². The number of benzene rings is 3. The number of carbonyl (C=O) groups excluding carboxylic acids is 1. The molecule has 0 saturated heterocycles. The minimum Gasteiger partial charge on any atom is -0.460 e. The van der Waals surface area contributed by atoms with E-state index in [0.29, 0.717) is 16.3 Å². The van der Waals surface area contributed by atoms with E-state index in [4.69, 9.17) is 16.3 Å². The molecule has 0 atom stereocenters. The van der Waals surface area contributed by atoms with Crippen LogP contribution in [0.1, 0.15) is 15.9 Å². The molecule has 1 heterocycles. The zero-order valence-corrected chi connectivity index (χ0v) is 18.5. The van der Waals surface area contributed by atoms with E-state index >= 15 is 0 Å². The van der Waals surface area contributed by atoms with Gasteiger partial charge in [0, 0.05) is 17.7 Å². The highest BCUT2D eigenvalue weighted by molar-refractivity contribution is 7.90. The molecule has 4 rings (SSSR count). The fraction of sp³-hybridized carbons (Fsp3) is 0.0909. The first-order chi connectivity index (χ1) is 15.8. The zero-order valence-electron chi connectivity index (χ0n) is 16.9. The number of hydrogen-bond acceptors (Lipinski definition) is 7. The lowest BCUT2D eigenvalue weighted by atomic mass is 10.1. The second-order valence-corrected chi connectivity index (χ2v) is 8.91. The molecule has 9 nitrogen and oxygen atoms in total. The van der Waals surface area contributed by atoms with Crippen molar-refractivity contribution < 1.29 is 22.9 Å². The van der Waals surface area contributed by atoms with Gasteiger partial charge in [-0.3, -0.25) is 10.1 Å². The fourth-order valence-corrected chi connectivity index (χ4v) is 4.80. The Kier molecular flexibility index (Phi) is 6.12. The molecule has 0 unspecified atom stereocenters. The van der Waals surface area contributed by atoms with Crippen molar-refractivity contribution in [1.29, 1.82) is 0 Å². The van der Waals surface area contributed by atoms with Gasteiger partial charge in [-0.1, -0.05) is 41.9 Å². The number of rotatable bonds is 6. The second-order valence-electron chi connectivity index (χ2n) is 6.93. The van der Waals surface area contributed by atoms with Crippen molar-refractivity contribution in [3.8, 4) is 0 Å². The average molecular weight is 486 g/mol. The van der Waals surface area contributed by atoms with Crippen LogP contribution in [-0.2, 0) is 14.8 Å². The van der Waals surface area contributed by atoms with Gasteiger partial charge in [-0.05, 0) is 30.3 Å². The first-order valence-electron chi connectivity index (χ1n) is 9.66. The Balaban J connectivity index is 1.61. The topological polar surface area (TPSA) is 119 Å². The number of sulfonamides is 1. The summed E-state index contributed by atoms with van der Waals surface area (Å²) >= 11 is 6.36. The number of para-hydroxylation sites is 1. The highest BCUT2D eigenvalue weighted by Crippen LogP contribution is 2.32. The third-order valence-corrected chi connectivity index (χ3v) is 6.50. The summed E-state index contributed by atoms with van der Waals surface area (Å²) in [7, 11) is -3.89. The molecule has 3 aromatic rings. The fourth-order valence-electron chi connectivity index (χ4n) is 3.35. The van der Waals surface area contributed by atoms with Crippen LogP contribution in [0, 0.1) is 10.1 Å². The molecule has 0 aliphatic carbocycles. The van der Waals surface area contributed by atoms with Crippen LogP contribution in [-0.4, -0.2) is 38.3 Å². The molecule has 3 aromatic carbocycles. The number of non-ortho nitro benzene ring substituents is 1. The predicted octanol–water partition coefficient (Wildman–Crippen LogP) is 4.06. The van der Waals surface area contributed by atoms with Crippen molar-refractivity contribution in [3.63, 3.8) is 0 Å². The number of hydrogen-bond donors (Lipinski definition) is 0. The number of amidine groups is 1. The Labute approximate surface area is 194 Å². The molecular weight excluding hydrogens is 470 g/mol. The number of carbonyl (C=O) groups is 1. The number of halogens is 1. The number of nitro groups is 1. The summed E-state index contributed by atoms with van der Waals surface area (Å²) in [5.74, 6) is -0.593. The zero-order chi connectivity index (χ0) is 23.6. The molecule has 0 spiro atoms. The summed E-state index contributed by atoms with van der Waals surface area (Å²) in [4.78, 5) is 24.4. The highest BCUT2D eigenvalue weighted by Gasteiger charge is 2.32. The van der Waals surface area contributed by atoms with Gasteiger partial charge in [0.05, 0.1) is 27.7 Å². The van der Waals surface area contributed by atoms with E-state index in [9.17, 15) is 23.3 Å². The van der Waals surface area contributed by atoms with Crippen molar-refractivity contribution in [2.24, 2.45) is 4.40 Å². The highest BCUT2D eigenvalue weighted by atomic mass is 35.5. The number of anilines is 1. The van der Waals surface area contributed by atoms with E-state index in [-0.39, 0.29) is 35.1 Å². The van der Waals surface area contributed by atoms with Crippen LogP contribution < -0.4 is 4.90 Å². The summed E-state index contributed by atoms with van der Waals surface area (Å²) < 4.78 is 34.3. The molecule has 0 radical (unpaired) electrons. The molecule has 0 amide bonds. The number of nitro benzene ring substituents is 1. The molecule has 0 saturated carbocycles. The molecular formula is C22H16ClN3O6S. The van der Waals surface area contributed by atoms with Gasteiger partial charge in [-0.15, -0.1) is 4.40 Å². The summed E-state index contributed by atoms with van der Waals surface area (Å²) in [6.07, 6.45) is 0. The second kappa shape index (κ2) is 9.00. The maximum absolute atomic E-state index is 12.6. The van der Waals surface area contributed by atoms with Gasteiger partial charge in [0.15, 0.2) is 5.84 Å². The van der Waals surface area contributed by atoms with E-state index in [2.05, 4.69) is 4.40 Å². The molecule has 1 aliphatic rings. The van der Waals surface area contributed by atoms with Crippen LogP contribution in [0.2, 0.25) is 5.02 Å². The third-order valence-electron chi connectivity index (χ3n) is 4.85. The standard InChI is InChI=1S/C22H16ClN3O6S/c23-18-9-2-3-10-19(18)25(21-17-8-1-4-11-20(17)33(30,31)24-21)12-13-32-22(27)15-6-5-7-16(14-15)26(28)29/h1-11,14H,12-13H2. The lowest BCUT2D eigenvalue weighted by Crippen LogP contribution is -2.34. The number of nitrogens with zero attached hydrogens (tertiary/aromatic N) is 3. The van der Waals surface area contributed by atoms with Crippen molar-refractivity contribution in [2.45, 2.75) is 4.90 Å². The van der Waals surface area contributed by atoms with E-state index in [1.807, 2.05) is 0 Å². The van der Waals surface area contributed by atoms with E-state index in [1.54, 1.807) is 47.4 Å². The van der Waals surface area contributed by atoms with Gasteiger partial charge in [-0.2, -0.15) is 8.42 Å². The predicted molar refractivity (Wildman–Crippen MR) is 122 cm³/mol. The number of fused-ring (bicyclic) bond motifs is 1. The van der Waals surface area contributed by atoms with Crippen molar-refractivity contribution in [3.05, 3.63) is 99.1 Å². The summed E-state index contributed by atoms with van der Waals surface area (Å²) in [6.45, 7) is -0.124. The molecule has 168 valence electrons. The summed E-state index contributed by atoms with van der Waals surface area (Å²) in [5.41, 5.74) is 0.683. The van der Waals surface area contributed by atoms with E-state index in [0.717, 1.165) is 6.07 Å². The van der Waals surface area contributed by atoms with Gasteiger partial charge in [0.2, 0.25) is 0 Å². The SMILES string of the molecule is O=C(OCCN(C1=NS(=O)(=O)c2ccccc21)c1ccccc1Cl)c1cccc([N+](=O)[O-])c1. The first kappa shape index (κ1) is 22.4. The van der Waals surface area contributed by atoms with Gasteiger partial charge in [0.1, 0.15) is 11.5 Å². The average Bonchev–Trinajstić information content (AvgIpc) is 3.08. The van der Waals surface area contributed by atoms with Gasteiger partial charge in [-0.25, -0.2) is 4.79 Å². The Morgan fingerprint density at radius 3 is 2.55 bits per heavy atom. The minimum absolute atomic E-state index is 0.0274.